The Labute approximate surface area is 195 Å². The number of fused-ring (bicyclic) bond motifs is 1. The van der Waals surface area contributed by atoms with E-state index in [0.29, 0.717) is 36.2 Å². The number of rotatable bonds is 3. The number of nitrogens with zero attached hydrogens (tertiary/aromatic N) is 5. The molecule has 1 saturated heterocycles. The van der Waals surface area contributed by atoms with Gasteiger partial charge in [-0.15, -0.1) is 5.10 Å². The van der Waals surface area contributed by atoms with E-state index in [-0.39, 0.29) is 29.2 Å². The fourth-order valence-electron chi connectivity index (χ4n) is 4.43. The topological polar surface area (TPSA) is 84.5 Å². The summed E-state index contributed by atoms with van der Waals surface area (Å²) in [7, 11) is 0. The smallest absolute Gasteiger partial charge is 0.294 e. The number of aryl methyl sites for hydroxylation is 1. The fraction of sp³-hybridized carbons (Fsp3) is 0.280. The second kappa shape index (κ2) is 8.09. The van der Waals surface area contributed by atoms with E-state index in [1.54, 1.807) is 21.4 Å². The summed E-state index contributed by atoms with van der Waals surface area (Å²) in [5.41, 5.74) is 1.22. The van der Waals surface area contributed by atoms with Gasteiger partial charge < -0.3 is 14.2 Å². The Hall–Kier alpha value is -4.01. The molecule has 0 N–H and O–H groups in total. The highest BCUT2D eigenvalue weighted by atomic mass is 19.1. The molecule has 8 nitrogen and oxygen atoms in total. The van der Waals surface area contributed by atoms with Gasteiger partial charge in [0.25, 0.3) is 11.8 Å². The molecule has 2 amide bonds. The second-order valence-corrected chi connectivity index (χ2v) is 9.04. The van der Waals surface area contributed by atoms with Crippen molar-refractivity contribution in [1.29, 1.82) is 0 Å². The normalized spacial score (nSPS) is 15.6. The monoisotopic (exact) mass is 461 g/mol. The molecule has 34 heavy (non-hydrogen) atoms. The zero-order valence-corrected chi connectivity index (χ0v) is 19.2. The lowest BCUT2D eigenvalue weighted by Gasteiger charge is -2.46. The molecule has 0 bridgehead atoms. The van der Waals surface area contributed by atoms with Crippen LogP contribution in [-0.4, -0.2) is 61.6 Å². The summed E-state index contributed by atoms with van der Waals surface area (Å²) in [5, 5.41) is 4.93. The number of carbonyl (C=O) groups is 2. The molecule has 1 fully saturated rings. The number of hydrogen-bond donors (Lipinski definition) is 0. The molecule has 1 aliphatic rings. The molecule has 1 aliphatic heterocycles. The highest BCUT2D eigenvalue weighted by Gasteiger charge is 2.41. The third-order valence-corrected chi connectivity index (χ3v) is 6.23. The minimum absolute atomic E-state index is 0.104. The molecular weight excluding hydrogens is 437 g/mol. The van der Waals surface area contributed by atoms with Crippen molar-refractivity contribution in [2.45, 2.75) is 26.3 Å². The van der Waals surface area contributed by atoms with Gasteiger partial charge in [-0.25, -0.2) is 14.1 Å². The van der Waals surface area contributed by atoms with E-state index in [1.807, 2.05) is 44.2 Å². The van der Waals surface area contributed by atoms with Gasteiger partial charge in [-0.2, -0.15) is 0 Å². The minimum atomic E-state index is -0.658. The molecule has 0 aliphatic carbocycles. The van der Waals surface area contributed by atoms with Crippen molar-refractivity contribution >= 4 is 22.8 Å². The van der Waals surface area contributed by atoms with Crippen molar-refractivity contribution in [3.8, 4) is 5.69 Å². The molecule has 4 aromatic rings. The highest BCUT2D eigenvalue weighted by Crippen LogP contribution is 2.29. The Morgan fingerprint density at radius 3 is 2.56 bits per heavy atom. The number of amides is 2. The molecule has 5 rings (SSSR count). The van der Waals surface area contributed by atoms with Crippen molar-refractivity contribution in [3.05, 3.63) is 77.8 Å². The first-order valence-electron chi connectivity index (χ1n) is 11.0. The van der Waals surface area contributed by atoms with Gasteiger partial charge in [0, 0.05) is 30.6 Å². The van der Waals surface area contributed by atoms with Gasteiger partial charge in [-0.05, 0) is 51.1 Å². The standard InChI is InChI=1S/C25H24FN5O3/c1-16-19-13-17(26)9-10-20(19)34-21(16)23(32)29-11-12-30(25(2,3)14-29)24(33)22-27-15-31(28-22)18-7-5-4-6-8-18/h4-10,13,15H,11-12,14H2,1-3H3. The van der Waals surface area contributed by atoms with E-state index < -0.39 is 5.54 Å². The predicted octanol–water partition coefficient (Wildman–Crippen LogP) is 3.84. The number of benzene rings is 2. The first-order chi connectivity index (χ1) is 16.2. The summed E-state index contributed by atoms with van der Waals surface area (Å²) < 4.78 is 21.0. The van der Waals surface area contributed by atoms with Crippen molar-refractivity contribution < 1.29 is 18.4 Å². The number of halogens is 1. The quantitative estimate of drug-likeness (QED) is 0.463. The van der Waals surface area contributed by atoms with Crippen LogP contribution < -0.4 is 0 Å². The van der Waals surface area contributed by atoms with Crippen LogP contribution in [0.25, 0.3) is 16.7 Å². The molecule has 2 aromatic heterocycles. The number of aromatic nitrogens is 3. The number of piperazine rings is 1. The van der Waals surface area contributed by atoms with Gasteiger partial charge in [-0.1, -0.05) is 18.2 Å². The first-order valence-corrected chi connectivity index (χ1v) is 11.0. The number of para-hydroxylation sites is 1. The van der Waals surface area contributed by atoms with Crippen molar-refractivity contribution in [2.75, 3.05) is 19.6 Å². The molecule has 3 heterocycles. The zero-order chi connectivity index (χ0) is 24.0. The maximum Gasteiger partial charge on any atom is 0.294 e. The highest BCUT2D eigenvalue weighted by molar-refractivity contribution is 5.99. The molecule has 9 heteroatoms. The lowest BCUT2D eigenvalue weighted by atomic mass is 9.98. The Balaban J connectivity index is 1.34. The average Bonchev–Trinajstić information content (AvgIpc) is 3.44. The van der Waals surface area contributed by atoms with E-state index in [2.05, 4.69) is 10.1 Å². The minimum Gasteiger partial charge on any atom is -0.451 e. The summed E-state index contributed by atoms with van der Waals surface area (Å²) in [5.74, 6) is -0.652. The van der Waals surface area contributed by atoms with E-state index in [1.165, 1.54) is 24.5 Å². The molecule has 0 atom stereocenters. The van der Waals surface area contributed by atoms with E-state index in [4.69, 9.17) is 4.42 Å². The van der Waals surface area contributed by atoms with Gasteiger partial charge >= 0.3 is 0 Å². The van der Waals surface area contributed by atoms with Crippen LogP contribution in [0.4, 0.5) is 4.39 Å². The van der Waals surface area contributed by atoms with Gasteiger partial charge in [0.05, 0.1) is 11.2 Å². The van der Waals surface area contributed by atoms with E-state index >= 15 is 0 Å². The number of furan rings is 1. The van der Waals surface area contributed by atoms with Gasteiger partial charge in [0.2, 0.25) is 5.82 Å². The fourth-order valence-corrected chi connectivity index (χ4v) is 4.43. The molecule has 0 spiro atoms. The lowest BCUT2D eigenvalue weighted by Crippen LogP contribution is -2.62. The van der Waals surface area contributed by atoms with Crippen LogP contribution in [0.5, 0.6) is 0 Å². The third-order valence-electron chi connectivity index (χ3n) is 6.23. The van der Waals surface area contributed by atoms with Crippen LogP contribution in [0.1, 0.15) is 40.6 Å². The molecular formula is C25H24FN5O3. The summed E-state index contributed by atoms with van der Waals surface area (Å²) in [6.45, 7) is 6.52. The van der Waals surface area contributed by atoms with Crippen LogP contribution in [0.15, 0.2) is 59.3 Å². The van der Waals surface area contributed by atoms with Crippen LogP contribution in [0, 0.1) is 12.7 Å². The maximum absolute atomic E-state index is 13.7. The Morgan fingerprint density at radius 2 is 1.82 bits per heavy atom. The van der Waals surface area contributed by atoms with Gasteiger partial charge in [0.15, 0.2) is 5.76 Å². The largest absolute Gasteiger partial charge is 0.451 e. The molecule has 174 valence electrons. The first kappa shape index (κ1) is 21.8. The molecule has 0 unspecified atom stereocenters. The molecule has 0 radical (unpaired) electrons. The Morgan fingerprint density at radius 1 is 1.06 bits per heavy atom. The van der Waals surface area contributed by atoms with Crippen LogP contribution >= 0.6 is 0 Å². The average molecular weight is 461 g/mol. The second-order valence-electron chi connectivity index (χ2n) is 9.04. The Kier molecular flexibility index (Phi) is 5.19. The van der Waals surface area contributed by atoms with Crippen LogP contribution in [0.3, 0.4) is 0 Å². The summed E-state index contributed by atoms with van der Waals surface area (Å²) in [6.07, 6.45) is 1.52. The summed E-state index contributed by atoms with van der Waals surface area (Å²) in [6, 6.07) is 13.6. The van der Waals surface area contributed by atoms with Crippen LogP contribution in [0.2, 0.25) is 0 Å². The van der Waals surface area contributed by atoms with Crippen molar-refractivity contribution in [2.24, 2.45) is 0 Å². The number of hydrogen-bond acceptors (Lipinski definition) is 5. The van der Waals surface area contributed by atoms with Crippen LogP contribution in [-0.2, 0) is 0 Å². The predicted molar refractivity (Wildman–Crippen MR) is 123 cm³/mol. The van der Waals surface area contributed by atoms with Crippen molar-refractivity contribution in [1.82, 2.24) is 24.6 Å². The zero-order valence-electron chi connectivity index (χ0n) is 19.2. The van der Waals surface area contributed by atoms with E-state index in [9.17, 15) is 14.0 Å². The summed E-state index contributed by atoms with van der Waals surface area (Å²) in [4.78, 5) is 34.1. The summed E-state index contributed by atoms with van der Waals surface area (Å²) >= 11 is 0. The molecule has 2 aromatic carbocycles. The lowest BCUT2D eigenvalue weighted by molar-refractivity contribution is 0.0149. The number of carbonyl (C=O) groups excluding carboxylic acids is 2. The van der Waals surface area contributed by atoms with E-state index in [0.717, 1.165) is 5.69 Å². The van der Waals surface area contributed by atoms with Gasteiger partial charge in [0.1, 0.15) is 17.7 Å². The Bertz CT molecular complexity index is 1390. The van der Waals surface area contributed by atoms with Gasteiger partial charge in [-0.3, -0.25) is 9.59 Å². The maximum atomic E-state index is 13.7. The SMILES string of the molecule is Cc1c(C(=O)N2CCN(C(=O)c3ncn(-c4ccccc4)n3)C(C)(C)C2)oc2ccc(F)cc12. The third kappa shape index (κ3) is 3.72. The molecule has 0 saturated carbocycles. The van der Waals surface area contributed by atoms with Crippen molar-refractivity contribution in [3.63, 3.8) is 0 Å².